The Morgan fingerprint density at radius 2 is 1.70 bits per heavy atom. The molecule has 0 heterocycles. The molecule has 1 aromatic rings. The number of rotatable bonds is 1. The van der Waals surface area contributed by atoms with Crippen LogP contribution in [0.1, 0.15) is 25.8 Å². The van der Waals surface area contributed by atoms with Gasteiger partial charge in [-0.05, 0) is 38.6 Å². The van der Waals surface area contributed by atoms with Crippen molar-refractivity contribution in [1.82, 2.24) is 5.32 Å². The Hall–Kier alpha value is -0.590. The molecule has 0 radical (unpaired) electrons. The lowest BCUT2D eigenvalue weighted by atomic mass is 10.2. The third-order valence-electron chi connectivity index (χ3n) is 1.40. The van der Waals surface area contributed by atoms with Gasteiger partial charge in [-0.3, -0.25) is 0 Å². The van der Waals surface area contributed by atoms with Crippen LogP contribution in [0.3, 0.4) is 0 Å². The maximum Gasteiger partial charge on any atom is 0.0604 e. The molecule has 0 saturated heterocycles. The first kappa shape index (κ1) is 24.4. The second-order valence-electron chi connectivity index (χ2n) is 2.92. The average Bonchev–Trinajstić information content (AvgIpc) is 2.48. The fourth-order valence-electron chi connectivity index (χ4n) is 0.799. The van der Waals surface area contributed by atoms with Crippen LogP contribution >= 0.6 is 35.8 Å². The van der Waals surface area contributed by atoms with Gasteiger partial charge in [0, 0.05) is 12.0 Å². The minimum Gasteiger partial charge on any atom is -0.323 e. The molecule has 1 nitrogen and oxygen atoms in total. The van der Waals surface area contributed by atoms with Gasteiger partial charge in [0.05, 0.1) is 10.0 Å². The van der Waals surface area contributed by atoms with E-state index >= 15 is 0 Å². The van der Waals surface area contributed by atoms with Gasteiger partial charge >= 0.3 is 0 Å². The molecule has 0 saturated carbocycles. The fraction of sp³-hybridized carbons (Fsp3) is 0.375. The molecule has 0 aromatic heterocycles. The molecule has 0 unspecified atom stereocenters. The monoisotopic (exact) mass is 333 g/mol. The Balaban J connectivity index is -0.000000355. The molecule has 0 aliphatic heterocycles. The summed E-state index contributed by atoms with van der Waals surface area (Å²) in [5.74, 6) is 5.88. The van der Waals surface area contributed by atoms with Gasteiger partial charge in [-0.25, -0.2) is 0 Å². The number of hydrogen-bond acceptors (Lipinski definition) is 2. The summed E-state index contributed by atoms with van der Waals surface area (Å²) in [7, 11) is 3.75. The van der Waals surface area contributed by atoms with E-state index in [1.807, 2.05) is 34.0 Å². The van der Waals surface area contributed by atoms with E-state index in [-0.39, 0.29) is 0 Å². The molecular formula is C16H25Cl2NS. The molecule has 0 fully saturated rings. The standard InChI is InChI=1S/C11H8Cl2.C2H7N.C2H6.CH4S/c1-2-3-4-5-9-6-7-10(12)11(13)8-9;1-3-2;2*1-2/h2,6-8H,1,3H2;3H,1-2H3;1-2H3;2H,1H3. The molecule has 0 bridgehead atoms. The molecule has 114 valence electrons. The van der Waals surface area contributed by atoms with Crippen LogP contribution in [-0.2, 0) is 0 Å². The summed E-state index contributed by atoms with van der Waals surface area (Å²) >= 11 is 15.1. The quantitative estimate of drug-likeness (QED) is 0.402. The van der Waals surface area contributed by atoms with Crippen molar-refractivity contribution in [3.8, 4) is 11.8 Å². The van der Waals surface area contributed by atoms with Gasteiger partial charge in [0.15, 0.2) is 0 Å². The highest BCUT2D eigenvalue weighted by Crippen LogP contribution is 2.21. The lowest BCUT2D eigenvalue weighted by Crippen LogP contribution is -1.89. The van der Waals surface area contributed by atoms with Crippen molar-refractivity contribution in [1.29, 1.82) is 0 Å². The average molecular weight is 334 g/mol. The molecule has 20 heavy (non-hydrogen) atoms. The van der Waals surface area contributed by atoms with Crippen molar-refractivity contribution in [3.05, 3.63) is 46.5 Å². The first-order valence-electron chi connectivity index (χ1n) is 6.23. The van der Waals surface area contributed by atoms with Crippen LogP contribution in [0, 0.1) is 11.8 Å². The Morgan fingerprint density at radius 3 is 2.10 bits per heavy atom. The number of thiol groups is 1. The zero-order valence-electron chi connectivity index (χ0n) is 12.9. The predicted octanol–water partition coefficient (Wildman–Crippen LogP) is 5.33. The first-order chi connectivity index (χ1) is 9.65. The maximum absolute atomic E-state index is 5.81. The minimum absolute atomic E-state index is 0.534. The molecule has 0 spiro atoms. The van der Waals surface area contributed by atoms with Crippen molar-refractivity contribution < 1.29 is 0 Å². The maximum atomic E-state index is 5.81. The van der Waals surface area contributed by atoms with Crippen LogP contribution in [0.15, 0.2) is 30.9 Å². The van der Waals surface area contributed by atoms with Crippen molar-refractivity contribution in [3.63, 3.8) is 0 Å². The molecule has 0 aliphatic carbocycles. The van der Waals surface area contributed by atoms with Crippen LogP contribution in [0.5, 0.6) is 0 Å². The van der Waals surface area contributed by atoms with Gasteiger partial charge in [0.1, 0.15) is 0 Å². The van der Waals surface area contributed by atoms with Crippen molar-refractivity contribution in [2.75, 3.05) is 20.4 Å². The molecule has 0 atom stereocenters. The third-order valence-corrected chi connectivity index (χ3v) is 2.14. The molecule has 0 aliphatic rings. The van der Waals surface area contributed by atoms with Crippen LogP contribution in [-0.4, -0.2) is 20.4 Å². The molecule has 0 amide bonds. The molecule has 1 aromatic carbocycles. The number of halogens is 2. The summed E-state index contributed by atoms with van der Waals surface area (Å²) in [5.41, 5.74) is 0.872. The summed E-state index contributed by atoms with van der Waals surface area (Å²) < 4.78 is 0. The van der Waals surface area contributed by atoms with E-state index in [0.717, 1.165) is 5.56 Å². The Labute approximate surface area is 140 Å². The van der Waals surface area contributed by atoms with Gasteiger partial charge in [0.2, 0.25) is 0 Å². The van der Waals surface area contributed by atoms with E-state index in [9.17, 15) is 0 Å². The Morgan fingerprint density at radius 1 is 1.20 bits per heavy atom. The lowest BCUT2D eigenvalue weighted by molar-refractivity contribution is 1.02. The Kier molecular flexibility index (Phi) is 25.3. The van der Waals surface area contributed by atoms with E-state index in [1.165, 1.54) is 0 Å². The van der Waals surface area contributed by atoms with E-state index in [1.54, 1.807) is 24.5 Å². The van der Waals surface area contributed by atoms with Crippen LogP contribution in [0.2, 0.25) is 10.0 Å². The highest BCUT2D eigenvalue weighted by molar-refractivity contribution is 7.79. The molecule has 1 rings (SSSR count). The lowest BCUT2D eigenvalue weighted by Gasteiger charge is -1.94. The number of allylic oxidation sites excluding steroid dienone is 1. The summed E-state index contributed by atoms with van der Waals surface area (Å²) in [6.45, 7) is 7.57. The van der Waals surface area contributed by atoms with Crippen LogP contribution in [0.4, 0.5) is 0 Å². The molecule has 1 N–H and O–H groups in total. The van der Waals surface area contributed by atoms with E-state index < -0.39 is 0 Å². The topological polar surface area (TPSA) is 12.0 Å². The SMILES string of the molecule is C=CCC#Cc1ccc(Cl)c(Cl)c1.CC.CNC.CS. The van der Waals surface area contributed by atoms with Gasteiger partial charge < -0.3 is 5.32 Å². The van der Waals surface area contributed by atoms with Crippen molar-refractivity contribution in [2.24, 2.45) is 0 Å². The van der Waals surface area contributed by atoms with E-state index in [2.05, 4.69) is 36.4 Å². The third kappa shape index (κ3) is 15.5. The van der Waals surface area contributed by atoms with Crippen LogP contribution < -0.4 is 5.32 Å². The van der Waals surface area contributed by atoms with Crippen molar-refractivity contribution >= 4 is 35.8 Å². The molecular weight excluding hydrogens is 309 g/mol. The number of nitrogens with one attached hydrogen (secondary N) is 1. The number of hydrogen-bond donors (Lipinski definition) is 2. The van der Waals surface area contributed by atoms with Crippen molar-refractivity contribution in [2.45, 2.75) is 20.3 Å². The zero-order chi connectivity index (χ0) is 16.4. The number of benzene rings is 1. The van der Waals surface area contributed by atoms with Gasteiger partial charge in [0.25, 0.3) is 0 Å². The summed E-state index contributed by atoms with van der Waals surface area (Å²) in [5, 5.41) is 3.84. The fourth-order valence-corrected chi connectivity index (χ4v) is 1.10. The largest absolute Gasteiger partial charge is 0.323 e. The Bertz CT molecular complexity index is 395. The van der Waals surface area contributed by atoms with E-state index in [0.29, 0.717) is 16.5 Å². The predicted molar refractivity (Wildman–Crippen MR) is 99.4 cm³/mol. The van der Waals surface area contributed by atoms with Gasteiger partial charge in [-0.15, -0.1) is 6.58 Å². The minimum atomic E-state index is 0.534. The second-order valence-corrected chi connectivity index (χ2v) is 3.74. The highest BCUT2D eigenvalue weighted by atomic mass is 35.5. The highest BCUT2D eigenvalue weighted by Gasteiger charge is 1.95. The summed E-state index contributed by atoms with van der Waals surface area (Å²) in [4.78, 5) is 0. The van der Waals surface area contributed by atoms with E-state index in [4.69, 9.17) is 23.2 Å². The smallest absolute Gasteiger partial charge is 0.0604 e. The molecule has 4 heteroatoms. The summed E-state index contributed by atoms with van der Waals surface area (Å²) in [6.07, 6.45) is 4.13. The first-order valence-corrected chi connectivity index (χ1v) is 7.88. The second kappa shape index (κ2) is 20.7. The zero-order valence-corrected chi connectivity index (χ0v) is 15.3. The van der Waals surface area contributed by atoms with Crippen LogP contribution in [0.25, 0.3) is 0 Å². The van der Waals surface area contributed by atoms with Gasteiger partial charge in [-0.2, -0.15) is 12.6 Å². The van der Waals surface area contributed by atoms with Gasteiger partial charge in [-0.1, -0.05) is 55.0 Å². The summed E-state index contributed by atoms with van der Waals surface area (Å²) in [6, 6.07) is 5.33. The normalized spacial score (nSPS) is 7.20.